The fourth-order valence-corrected chi connectivity index (χ4v) is 5.03. The van der Waals surface area contributed by atoms with Crippen molar-refractivity contribution in [1.82, 2.24) is 14.9 Å². The zero-order chi connectivity index (χ0) is 23.7. The first-order chi connectivity index (χ1) is 15.9. The summed E-state index contributed by atoms with van der Waals surface area (Å²) in [7, 11) is -2.35. The molecule has 1 fully saturated rings. The van der Waals surface area contributed by atoms with Crippen LogP contribution in [0, 0.1) is 0 Å². The molecule has 2 N–H and O–H groups in total. The Bertz CT molecular complexity index is 1030. The van der Waals surface area contributed by atoms with Crippen LogP contribution in [0.5, 0.6) is 5.75 Å². The van der Waals surface area contributed by atoms with Crippen molar-refractivity contribution >= 4 is 21.8 Å². The molecular formula is C23H29N3O6S. The van der Waals surface area contributed by atoms with Crippen molar-refractivity contribution in [2.45, 2.75) is 30.4 Å². The highest BCUT2D eigenvalue weighted by Crippen LogP contribution is 2.23. The van der Waals surface area contributed by atoms with Crippen molar-refractivity contribution in [2.75, 3.05) is 33.4 Å². The Morgan fingerprint density at radius 2 is 1.76 bits per heavy atom. The summed E-state index contributed by atoms with van der Waals surface area (Å²) >= 11 is 0. The van der Waals surface area contributed by atoms with Gasteiger partial charge in [-0.2, -0.15) is 4.31 Å². The largest absolute Gasteiger partial charge is 0.497 e. The van der Waals surface area contributed by atoms with Gasteiger partial charge in [-0.15, -0.1) is 0 Å². The first-order valence-corrected chi connectivity index (χ1v) is 12.2. The van der Waals surface area contributed by atoms with E-state index in [4.69, 9.17) is 9.47 Å². The van der Waals surface area contributed by atoms with Crippen molar-refractivity contribution < 1.29 is 27.5 Å². The molecule has 0 aromatic heterocycles. The quantitative estimate of drug-likeness (QED) is 0.417. The lowest BCUT2D eigenvalue weighted by molar-refractivity contribution is -0.140. The molecule has 0 bridgehead atoms. The Hall–Kier alpha value is -2.95. The average molecular weight is 476 g/mol. The first kappa shape index (κ1) is 24.7. The van der Waals surface area contributed by atoms with Crippen LogP contribution in [-0.4, -0.2) is 64.1 Å². The van der Waals surface area contributed by atoms with E-state index in [2.05, 4.69) is 10.6 Å². The second-order valence-corrected chi connectivity index (χ2v) is 9.42. The molecule has 33 heavy (non-hydrogen) atoms. The summed E-state index contributed by atoms with van der Waals surface area (Å²) in [5.41, 5.74) is 1.16. The van der Waals surface area contributed by atoms with Gasteiger partial charge in [0.15, 0.2) is 0 Å². The molecule has 2 amide bonds. The van der Waals surface area contributed by atoms with Gasteiger partial charge in [0.25, 0.3) is 0 Å². The summed E-state index contributed by atoms with van der Waals surface area (Å²) in [4.78, 5) is 24.4. The molecule has 0 unspecified atom stereocenters. The molecule has 0 spiro atoms. The number of sulfonamides is 1. The molecule has 1 atom stereocenters. The number of carbonyl (C=O) groups excluding carboxylic acids is 2. The molecule has 178 valence electrons. The van der Waals surface area contributed by atoms with Crippen LogP contribution in [0.15, 0.2) is 59.5 Å². The predicted octanol–water partition coefficient (Wildman–Crippen LogP) is 1.30. The summed E-state index contributed by atoms with van der Waals surface area (Å²) < 4.78 is 38.0. The van der Waals surface area contributed by atoms with Crippen molar-refractivity contribution in [3.8, 4) is 5.75 Å². The third-order valence-corrected chi connectivity index (χ3v) is 7.14. The maximum atomic E-state index is 13.1. The minimum atomic E-state index is -3.85. The lowest BCUT2D eigenvalue weighted by atomic mass is 10.1. The molecule has 3 rings (SSSR count). The Labute approximate surface area is 194 Å². The fourth-order valence-electron chi connectivity index (χ4n) is 3.47. The Balaban J connectivity index is 1.50. The molecular weight excluding hydrogens is 446 g/mol. The van der Waals surface area contributed by atoms with Crippen molar-refractivity contribution in [2.24, 2.45) is 0 Å². The SMILES string of the molecule is COc1ccc(S(=O)(=O)N2CCCO[C@@H]2CNC(=O)C(=O)NCCCc2ccccc2)cc1. The second-order valence-electron chi connectivity index (χ2n) is 7.53. The average Bonchev–Trinajstić information content (AvgIpc) is 2.85. The van der Waals surface area contributed by atoms with Crippen LogP contribution < -0.4 is 15.4 Å². The lowest BCUT2D eigenvalue weighted by Gasteiger charge is -2.34. The number of nitrogens with zero attached hydrogens (tertiary/aromatic N) is 1. The maximum Gasteiger partial charge on any atom is 0.309 e. The summed E-state index contributed by atoms with van der Waals surface area (Å²) in [6.45, 7) is 0.839. The predicted molar refractivity (Wildman–Crippen MR) is 122 cm³/mol. The second kappa shape index (κ2) is 11.8. The summed E-state index contributed by atoms with van der Waals surface area (Å²) in [5.74, 6) is -1.04. The highest BCUT2D eigenvalue weighted by molar-refractivity contribution is 7.89. The van der Waals surface area contributed by atoms with Gasteiger partial charge in [-0.05, 0) is 49.1 Å². The first-order valence-electron chi connectivity index (χ1n) is 10.8. The minimum Gasteiger partial charge on any atom is -0.497 e. The number of hydrogen-bond acceptors (Lipinski definition) is 6. The number of carbonyl (C=O) groups is 2. The van der Waals surface area contributed by atoms with E-state index in [1.54, 1.807) is 12.1 Å². The number of methoxy groups -OCH3 is 1. The van der Waals surface area contributed by atoms with Crippen molar-refractivity contribution in [1.29, 1.82) is 0 Å². The molecule has 2 aromatic rings. The molecule has 1 aliphatic heterocycles. The van der Waals surface area contributed by atoms with Crippen LogP contribution in [0.2, 0.25) is 0 Å². The number of benzene rings is 2. The standard InChI is InChI=1S/C23H29N3O6S/c1-31-19-10-12-20(13-11-19)33(29,30)26-15-6-16-32-21(26)17-25-23(28)22(27)24-14-5-9-18-7-3-2-4-8-18/h2-4,7-8,10-13,21H,5-6,9,14-17H2,1H3,(H,24,27)(H,25,28)/t21-/m1/s1. The summed E-state index contributed by atoms with van der Waals surface area (Å²) in [6.07, 6.45) is 1.11. The molecule has 2 aromatic carbocycles. The highest BCUT2D eigenvalue weighted by atomic mass is 32.2. The topological polar surface area (TPSA) is 114 Å². The lowest BCUT2D eigenvalue weighted by Crippen LogP contribution is -2.53. The summed E-state index contributed by atoms with van der Waals surface area (Å²) in [6, 6.07) is 15.9. The normalized spacial score (nSPS) is 16.7. The highest BCUT2D eigenvalue weighted by Gasteiger charge is 2.35. The van der Waals surface area contributed by atoms with Gasteiger partial charge in [0.2, 0.25) is 10.0 Å². The Kier molecular flexibility index (Phi) is 8.81. The molecule has 1 heterocycles. The molecule has 0 aliphatic carbocycles. The van der Waals surface area contributed by atoms with Gasteiger partial charge in [0.1, 0.15) is 12.0 Å². The van der Waals surface area contributed by atoms with Crippen LogP contribution in [-0.2, 0) is 30.8 Å². The number of ether oxygens (including phenoxy) is 2. The van der Waals surface area contributed by atoms with E-state index < -0.39 is 28.1 Å². The number of aryl methyl sites for hydroxylation is 1. The zero-order valence-electron chi connectivity index (χ0n) is 18.5. The van der Waals surface area contributed by atoms with Crippen LogP contribution in [0.1, 0.15) is 18.4 Å². The zero-order valence-corrected chi connectivity index (χ0v) is 19.3. The van der Waals surface area contributed by atoms with Crippen molar-refractivity contribution in [3.63, 3.8) is 0 Å². The number of nitrogens with one attached hydrogen (secondary N) is 2. The molecule has 0 radical (unpaired) electrons. The monoisotopic (exact) mass is 475 g/mol. The van der Waals surface area contributed by atoms with Crippen LogP contribution >= 0.6 is 0 Å². The minimum absolute atomic E-state index is 0.0984. The number of amides is 2. The number of rotatable bonds is 9. The number of hydrogen-bond donors (Lipinski definition) is 2. The van der Waals surface area contributed by atoms with Gasteiger partial charge in [-0.3, -0.25) is 9.59 Å². The summed E-state index contributed by atoms with van der Waals surface area (Å²) in [5, 5.41) is 5.06. The molecule has 1 saturated heterocycles. The third kappa shape index (κ3) is 6.77. The van der Waals surface area contributed by atoms with E-state index in [-0.39, 0.29) is 18.0 Å². The molecule has 9 nitrogen and oxygen atoms in total. The van der Waals surface area contributed by atoms with Crippen LogP contribution in [0.25, 0.3) is 0 Å². The van der Waals surface area contributed by atoms with Gasteiger partial charge in [0.05, 0.1) is 25.2 Å². The van der Waals surface area contributed by atoms with Gasteiger partial charge >= 0.3 is 11.8 Å². The van der Waals surface area contributed by atoms with Crippen LogP contribution in [0.3, 0.4) is 0 Å². The van der Waals surface area contributed by atoms with Gasteiger partial charge < -0.3 is 20.1 Å². The van der Waals surface area contributed by atoms with Crippen molar-refractivity contribution in [3.05, 3.63) is 60.2 Å². The van der Waals surface area contributed by atoms with Gasteiger partial charge in [-0.25, -0.2) is 8.42 Å². The third-order valence-electron chi connectivity index (χ3n) is 5.23. The van der Waals surface area contributed by atoms with E-state index in [1.807, 2.05) is 30.3 Å². The maximum absolute atomic E-state index is 13.1. The molecule has 10 heteroatoms. The Morgan fingerprint density at radius 1 is 1.06 bits per heavy atom. The van der Waals surface area contributed by atoms with E-state index in [0.717, 1.165) is 12.0 Å². The van der Waals surface area contributed by atoms with E-state index >= 15 is 0 Å². The van der Waals surface area contributed by atoms with Gasteiger partial charge in [-0.1, -0.05) is 30.3 Å². The van der Waals surface area contributed by atoms with E-state index in [1.165, 1.54) is 23.5 Å². The molecule has 1 aliphatic rings. The van der Waals surface area contributed by atoms with Crippen LogP contribution in [0.4, 0.5) is 0 Å². The van der Waals surface area contributed by atoms with E-state index in [9.17, 15) is 18.0 Å². The smallest absolute Gasteiger partial charge is 0.309 e. The van der Waals surface area contributed by atoms with E-state index in [0.29, 0.717) is 31.7 Å². The fraction of sp³-hybridized carbons (Fsp3) is 0.391. The Morgan fingerprint density at radius 3 is 2.45 bits per heavy atom. The van der Waals surface area contributed by atoms with Gasteiger partial charge in [0, 0.05) is 13.1 Å². The molecule has 0 saturated carbocycles.